The van der Waals surface area contributed by atoms with Gasteiger partial charge in [-0.05, 0) is 6.92 Å². The largest absolute Gasteiger partial charge is 0.481 e. The Hall–Kier alpha value is -1.45. The van der Waals surface area contributed by atoms with E-state index in [1.807, 2.05) is 0 Å². The van der Waals surface area contributed by atoms with Crippen LogP contribution >= 0.6 is 0 Å². The summed E-state index contributed by atoms with van der Waals surface area (Å²) in [5.74, 6) is -1.53. The fourth-order valence-electron chi connectivity index (χ4n) is 0.892. The Morgan fingerprint density at radius 1 is 1.67 bits per heavy atom. The van der Waals surface area contributed by atoms with Crippen LogP contribution in [0.5, 0.6) is 0 Å². The number of carboxylic acid groups (broad SMARTS) is 1. The molecule has 0 aromatic carbocycles. The molecule has 0 aliphatic heterocycles. The maximum absolute atomic E-state index is 13.1. The van der Waals surface area contributed by atoms with Gasteiger partial charge in [0, 0.05) is 23.5 Å². The zero-order valence-electron chi connectivity index (χ0n) is 6.54. The van der Waals surface area contributed by atoms with Crippen LogP contribution in [-0.4, -0.2) is 16.1 Å². The molecule has 1 rings (SSSR count). The molecule has 0 radical (unpaired) electrons. The van der Waals surface area contributed by atoms with Gasteiger partial charge in [-0.2, -0.15) is 0 Å². The quantitative estimate of drug-likeness (QED) is 0.722. The number of aryl methyl sites for hydroxylation is 1. The van der Waals surface area contributed by atoms with Gasteiger partial charge in [-0.15, -0.1) is 0 Å². The molecule has 0 aliphatic carbocycles. The zero-order valence-corrected chi connectivity index (χ0v) is 6.54. The lowest BCUT2D eigenvalue weighted by molar-refractivity contribution is -0.136. The molecule has 0 atom stereocenters. The van der Waals surface area contributed by atoms with E-state index in [0.717, 1.165) is 0 Å². The molecule has 0 bridgehead atoms. The van der Waals surface area contributed by atoms with Crippen LogP contribution in [0, 0.1) is 12.7 Å². The second kappa shape index (κ2) is 3.30. The summed E-state index contributed by atoms with van der Waals surface area (Å²) in [5, 5.41) is 8.39. The molecule has 0 saturated heterocycles. The summed E-state index contributed by atoms with van der Waals surface area (Å²) in [5.41, 5.74) is 0.497. The van der Waals surface area contributed by atoms with Crippen molar-refractivity contribution >= 4 is 5.97 Å². The molecule has 0 spiro atoms. The summed E-state index contributed by atoms with van der Waals surface area (Å²) in [6.07, 6.45) is 2.28. The number of pyridine rings is 1. The number of aliphatic carboxylic acids is 1. The first-order valence-electron chi connectivity index (χ1n) is 3.42. The van der Waals surface area contributed by atoms with Crippen molar-refractivity contribution in [2.45, 2.75) is 13.3 Å². The van der Waals surface area contributed by atoms with Crippen molar-refractivity contribution in [1.82, 2.24) is 4.98 Å². The van der Waals surface area contributed by atoms with Crippen molar-refractivity contribution in [3.05, 3.63) is 29.3 Å². The maximum Gasteiger partial charge on any atom is 0.307 e. The highest BCUT2D eigenvalue weighted by Crippen LogP contribution is 2.10. The van der Waals surface area contributed by atoms with Crippen molar-refractivity contribution < 1.29 is 14.3 Å². The number of aromatic nitrogens is 1. The van der Waals surface area contributed by atoms with Crippen molar-refractivity contribution in [2.75, 3.05) is 0 Å². The number of hydrogen-bond acceptors (Lipinski definition) is 2. The Kier molecular flexibility index (Phi) is 2.38. The van der Waals surface area contributed by atoms with E-state index >= 15 is 0 Å². The van der Waals surface area contributed by atoms with Gasteiger partial charge >= 0.3 is 5.97 Å². The summed E-state index contributed by atoms with van der Waals surface area (Å²) in [7, 11) is 0. The highest BCUT2D eigenvalue weighted by atomic mass is 19.1. The molecule has 0 amide bonds. The van der Waals surface area contributed by atoms with E-state index in [0.29, 0.717) is 5.56 Å². The summed E-state index contributed by atoms with van der Waals surface area (Å²) in [6.45, 7) is 1.55. The second-order valence-corrected chi connectivity index (χ2v) is 2.50. The van der Waals surface area contributed by atoms with Crippen LogP contribution in [0.2, 0.25) is 0 Å². The lowest BCUT2D eigenvalue weighted by Gasteiger charge is -2.00. The summed E-state index contributed by atoms with van der Waals surface area (Å²) < 4.78 is 13.1. The molecule has 64 valence electrons. The topological polar surface area (TPSA) is 50.2 Å². The van der Waals surface area contributed by atoms with Crippen LogP contribution in [-0.2, 0) is 11.2 Å². The van der Waals surface area contributed by atoms with Crippen LogP contribution < -0.4 is 0 Å². The summed E-state index contributed by atoms with van der Waals surface area (Å²) in [4.78, 5) is 13.9. The van der Waals surface area contributed by atoms with E-state index in [-0.39, 0.29) is 12.0 Å². The standard InChI is InChI=1S/C8H8FNO2/c1-5-3-10-4-6(8(5)9)2-7(11)12/h3-4H,2H2,1H3,(H,11,12). The van der Waals surface area contributed by atoms with Crippen molar-refractivity contribution in [1.29, 1.82) is 0 Å². The van der Waals surface area contributed by atoms with Gasteiger partial charge in [0.2, 0.25) is 0 Å². The summed E-state index contributed by atoms with van der Waals surface area (Å²) in [6, 6.07) is 0. The van der Waals surface area contributed by atoms with Crippen LogP contribution in [0.1, 0.15) is 11.1 Å². The van der Waals surface area contributed by atoms with E-state index in [4.69, 9.17) is 5.11 Å². The molecule has 4 heteroatoms. The second-order valence-electron chi connectivity index (χ2n) is 2.50. The first-order chi connectivity index (χ1) is 5.61. The highest BCUT2D eigenvalue weighted by molar-refractivity contribution is 5.70. The number of rotatable bonds is 2. The number of carbonyl (C=O) groups is 1. The Balaban J connectivity index is 3.00. The Bertz CT molecular complexity index is 312. The SMILES string of the molecule is Cc1cncc(CC(=O)O)c1F. The monoisotopic (exact) mass is 169 g/mol. The third-order valence-electron chi connectivity index (χ3n) is 1.47. The molecule has 0 unspecified atom stereocenters. The van der Waals surface area contributed by atoms with Gasteiger partial charge in [0.1, 0.15) is 5.82 Å². The lowest BCUT2D eigenvalue weighted by Crippen LogP contribution is -2.04. The fourth-order valence-corrected chi connectivity index (χ4v) is 0.892. The molecular formula is C8H8FNO2. The maximum atomic E-state index is 13.1. The average molecular weight is 169 g/mol. The molecule has 0 fully saturated rings. The Morgan fingerprint density at radius 2 is 2.33 bits per heavy atom. The molecule has 0 aliphatic rings. The summed E-state index contributed by atoms with van der Waals surface area (Å²) >= 11 is 0. The van der Waals surface area contributed by atoms with Crippen molar-refractivity contribution in [3.63, 3.8) is 0 Å². The minimum Gasteiger partial charge on any atom is -0.481 e. The van der Waals surface area contributed by atoms with Gasteiger partial charge in [-0.1, -0.05) is 0 Å². The van der Waals surface area contributed by atoms with E-state index in [9.17, 15) is 9.18 Å². The lowest BCUT2D eigenvalue weighted by atomic mass is 10.1. The molecule has 1 N–H and O–H groups in total. The van der Waals surface area contributed by atoms with E-state index in [1.54, 1.807) is 6.92 Å². The molecule has 12 heavy (non-hydrogen) atoms. The predicted octanol–water partition coefficient (Wildman–Crippen LogP) is 1.16. The van der Waals surface area contributed by atoms with Gasteiger partial charge in [0.05, 0.1) is 6.42 Å². The Labute approximate surface area is 68.9 Å². The zero-order chi connectivity index (χ0) is 9.14. The van der Waals surface area contributed by atoms with E-state index in [2.05, 4.69) is 4.98 Å². The third kappa shape index (κ3) is 1.78. The predicted molar refractivity (Wildman–Crippen MR) is 40.3 cm³/mol. The molecule has 1 aromatic heterocycles. The first kappa shape index (κ1) is 8.64. The number of nitrogens with zero attached hydrogens (tertiary/aromatic N) is 1. The highest BCUT2D eigenvalue weighted by Gasteiger charge is 2.08. The minimum atomic E-state index is -1.05. The molecule has 3 nitrogen and oxygen atoms in total. The molecule has 1 aromatic rings. The number of hydrogen-bond donors (Lipinski definition) is 1. The fraction of sp³-hybridized carbons (Fsp3) is 0.250. The third-order valence-corrected chi connectivity index (χ3v) is 1.47. The van der Waals surface area contributed by atoms with Crippen LogP contribution in [0.15, 0.2) is 12.4 Å². The Morgan fingerprint density at radius 3 is 2.92 bits per heavy atom. The van der Waals surface area contributed by atoms with E-state index in [1.165, 1.54) is 12.4 Å². The number of carboxylic acids is 1. The van der Waals surface area contributed by atoms with E-state index < -0.39 is 11.8 Å². The molecule has 0 saturated carbocycles. The van der Waals surface area contributed by atoms with Gasteiger partial charge in [0.15, 0.2) is 0 Å². The van der Waals surface area contributed by atoms with Gasteiger partial charge in [-0.25, -0.2) is 4.39 Å². The van der Waals surface area contributed by atoms with Crippen molar-refractivity contribution in [3.8, 4) is 0 Å². The van der Waals surface area contributed by atoms with Crippen LogP contribution in [0.3, 0.4) is 0 Å². The normalized spacial score (nSPS) is 9.83. The average Bonchev–Trinajstić information content (AvgIpc) is 1.98. The van der Waals surface area contributed by atoms with Gasteiger partial charge in [-0.3, -0.25) is 9.78 Å². The molecule has 1 heterocycles. The van der Waals surface area contributed by atoms with Crippen LogP contribution in [0.25, 0.3) is 0 Å². The van der Waals surface area contributed by atoms with Crippen LogP contribution in [0.4, 0.5) is 4.39 Å². The van der Waals surface area contributed by atoms with Crippen molar-refractivity contribution in [2.24, 2.45) is 0 Å². The first-order valence-corrected chi connectivity index (χ1v) is 3.42. The minimum absolute atomic E-state index is 0.127. The molecular weight excluding hydrogens is 161 g/mol. The van der Waals surface area contributed by atoms with Gasteiger partial charge < -0.3 is 5.11 Å². The van der Waals surface area contributed by atoms with Gasteiger partial charge in [0.25, 0.3) is 0 Å². The smallest absolute Gasteiger partial charge is 0.307 e. The number of halogens is 1.